The van der Waals surface area contributed by atoms with Crippen molar-refractivity contribution in [3.63, 3.8) is 0 Å². The second kappa shape index (κ2) is 6.85. The molecule has 0 spiro atoms. The molecule has 2 aromatic rings. The molecule has 0 radical (unpaired) electrons. The average molecular weight is 307 g/mol. The van der Waals surface area contributed by atoms with Gasteiger partial charge in [-0.2, -0.15) is 0 Å². The Bertz CT molecular complexity index is 676. The quantitative estimate of drug-likeness (QED) is 0.857. The van der Waals surface area contributed by atoms with E-state index < -0.39 is 17.6 Å². The summed E-state index contributed by atoms with van der Waals surface area (Å²) in [5, 5.41) is 5.26. The predicted molar refractivity (Wildman–Crippen MR) is 78.3 cm³/mol. The number of carbonyl (C=O) groups excluding carboxylic acids is 2. The van der Waals surface area contributed by atoms with E-state index >= 15 is 0 Å². The highest BCUT2D eigenvalue weighted by Gasteiger charge is 2.14. The molecule has 6 heteroatoms. The Kier molecular flexibility index (Phi) is 4.90. The van der Waals surface area contributed by atoms with E-state index in [1.54, 1.807) is 24.3 Å². The average Bonchev–Trinajstić information content (AvgIpc) is 2.46. The largest absolute Gasteiger partial charge is 0.344 e. The van der Waals surface area contributed by atoms with Crippen LogP contribution in [0.25, 0.3) is 0 Å². The van der Waals surface area contributed by atoms with Gasteiger partial charge >= 0.3 is 11.8 Å². The fraction of sp³-hybridized carbons (Fsp3) is 0.0667. The summed E-state index contributed by atoms with van der Waals surface area (Å²) < 4.78 is 13.0. The minimum atomic E-state index is -0.868. The molecule has 0 fully saturated rings. The Morgan fingerprint density at radius 1 is 1.05 bits per heavy atom. The van der Waals surface area contributed by atoms with Crippen molar-refractivity contribution in [1.29, 1.82) is 0 Å². The number of nitrogens with one attached hydrogen (secondary N) is 2. The standard InChI is InChI=1S/C15H12ClFN2O2/c16-13-7-2-1-4-10(13)9-18-14(20)15(21)19-12-6-3-5-11(17)8-12/h1-8H,9H2,(H,18,20)(H,19,21). The minimum Gasteiger partial charge on any atom is -0.344 e. The molecule has 0 aliphatic rings. The van der Waals surface area contributed by atoms with Crippen LogP contribution in [0.5, 0.6) is 0 Å². The number of amides is 2. The molecule has 4 nitrogen and oxygen atoms in total. The van der Waals surface area contributed by atoms with E-state index in [-0.39, 0.29) is 12.2 Å². The van der Waals surface area contributed by atoms with Gasteiger partial charge in [-0.25, -0.2) is 4.39 Å². The van der Waals surface area contributed by atoms with Crippen molar-refractivity contribution < 1.29 is 14.0 Å². The van der Waals surface area contributed by atoms with Gasteiger partial charge in [0.2, 0.25) is 0 Å². The zero-order valence-electron chi connectivity index (χ0n) is 10.9. The highest BCUT2D eigenvalue weighted by atomic mass is 35.5. The highest BCUT2D eigenvalue weighted by Crippen LogP contribution is 2.14. The van der Waals surface area contributed by atoms with Crippen LogP contribution in [0, 0.1) is 5.82 Å². The molecular formula is C15H12ClFN2O2. The summed E-state index contributed by atoms with van der Waals surface area (Å²) in [5.41, 5.74) is 0.916. The van der Waals surface area contributed by atoms with Crippen LogP contribution >= 0.6 is 11.6 Å². The molecule has 2 aromatic carbocycles. The Morgan fingerprint density at radius 2 is 1.81 bits per heavy atom. The molecule has 21 heavy (non-hydrogen) atoms. The summed E-state index contributed by atoms with van der Waals surface area (Å²) in [6.45, 7) is 0.134. The van der Waals surface area contributed by atoms with E-state index in [2.05, 4.69) is 10.6 Å². The summed E-state index contributed by atoms with van der Waals surface area (Å²) in [4.78, 5) is 23.3. The minimum absolute atomic E-state index is 0.134. The molecule has 108 valence electrons. The molecule has 0 aliphatic carbocycles. The van der Waals surface area contributed by atoms with Crippen molar-refractivity contribution in [3.8, 4) is 0 Å². The molecule has 0 bridgehead atoms. The van der Waals surface area contributed by atoms with Gasteiger partial charge in [0, 0.05) is 17.3 Å². The van der Waals surface area contributed by atoms with Gasteiger partial charge < -0.3 is 10.6 Å². The van der Waals surface area contributed by atoms with Crippen LogP contribution in [0.4, 0.5) is 10.1 Å². The maximum atomic E-state index is 13.0. The number of anilines is 1. The fourth-order valence-electron chi connectivity index (χ4n) is 1.65. The van der Waals surface area contributed by atoms with Crippen LogP contribution in [0.15, 0.2) is 48.5 Å². The number of hydrogen-bond acceptors (Lipinski definition) is 2. The first kappa shape index (κ1) is 15.0. The molecule has 0 saturated carbocycles. The molecule has 0 unspecified atom stereocenters. The van der Waals surface area contributed by atoms with E-state index in [0.717, 1.165) is 6.07 Å². The third-order valence-electron chi connectivity index (χ3n) is 2.69. The van der Waals surface area contributed by atoms with Gasteiger partial charge in [0.1, 0.15) is 5.82 Å². The third kappa shape index (κ3) is 4.29. The van der Waals surface area contributed by atoms with Crippen molar-refractivity contribution >= 4 is 29.1 Å². The van der Waals surface area contributed by atoms with Crippen molar-refractivity contribution in [3.05, 3.63) is 64.9 Å². The second-order valence-electron chi connectivity index (χ2n) is 4.24. The summed E-state index contributed by atoms with van der Waals surface area (Å²) >= 11 is 5.94. The van der Waals surface area contributed by atoms with Crippen molar-refractivity contribution in [1.82, 2.24) is 5.32 Å². The van der Waals surface area contributed by atoms with Crippen LogP contribution in [0.3, 0.4) is 0 Å². The van der Waals surface area contributed by atoms with Gasteiger partial charge in [-0.1, -0.05) is 35.9 Å². The lowest BCUT2D eigenvalue weighted by Crippen LogP contribution is -2.35. The van der Waals surface area contributed by atoms with E-state index in [0.29, 0.717) is 10.6 Å². The summed E-state index contributed by atoms with van der Waals surface area (Å²) in [6, 6.07) is 12.3. The molecule has 0 heterocycles. The van der Waals surface area contributed by atoms with Gasteiger partial charge in [0.05, 0.1) is 0 Å². The van der Waals surface area contributed by atoms with Crippen molar-refractivity contribution in [2.24, 2.45) is 0 Å². The predicted octanol–water partition coefficient (Wildman–Crippen LogP) is 2.73. The Hall–Kier alpha value is -2.40. The van der Waals surface area contributed by atoms with Crippen molar-refractivity contribution in [2.75, 3.05) is 5.32 Å². The Labute approximate surface area is 125 Å². The molecule has 0 saturated heterocycles. The van der Waals surface area contributed by atoms with E-state index in [1.165, 1.54) is 18.2 Å². The molecular weight excluding hydrogens is 295 g/mol. The first-order valence-corrected chi connectivity index (χ1v) is 6.52. The lowest BCUT2D eigenvalue weighted by Gasteiger charge is -2.07. The Morgan fingerprint density at radius 3 is 2.52 bits per heavy atom. The maximum absolute atomic E-state index is 13.0. The number of benzene rings is 2. The zero-order chi connectivity index (χ0) is 15.2. The Balaban J connectivity index is 1.91. The van der Waals surface area contributed by atoms with Crippen LogP contribution < -0.4 is 10.6 Å². The smallest absolute Gasteiger partial charge is 0.313 e. The number of halogens is 2. The topological polar surface area (TPSA) is 58.2 Å². The van der Waals surface area contributed by atoms with Crippen molar-refractivity contribution in [2.45, 2.75) is 6.54 Å². The number of rotatable bonds is 3. The van der Waals surface area contributed by atoms with Crippen LogP contribution in [-0.2, 0) is 16.1 Å². The molecule has 2 N–H and O–H groups in total. The first-order valence-electron chi connectivity index (χ1n) is 6.14. The second-order valence-corrected chi connectivity index (χ2v) is 4.65. The highest BCUT2D eigenvalue weighted by molar-refractivity contribution is 6.39. The molecule has 2 amide bonds. The molecule has 0 aromatic heterocycles. The lowest BCUT2D eigenvalue weighted by molar-refractivity contribution is -0.136. The molecule has 0 atom stereocenters. The summed E-state index contributed by atoms with van der Waals surface area (Å²) in [7, 11) is 0. The SMILES string of the molecule is O=C(NCc1ccccc1Cl)C(=O)Nc1cccc(F)c1. The van der Waals surface area contributed by atoms with Gasteiger partial charge in [0.15, 0.2) is 0 Å². The maximum Gasteiger partial charge on any atom is 0.313 e. The van der Waals surface area contributed by atoms with Gasteiger partial charge in [-0.05, 0) is 29.8 Å². The number of carbonyl (C=O) groups is 2. The normalized spacial score (nSPS) is 10.0. The van der Waals surface area contributed by atoms with Crippen LogP contribution in [-0.4, -0.2) is 11.8 Å². The summed E-state index contributed by atoms with van der Waals surface area (Å²) in [5.74, 6) is -2.18. The van der Waals surface area contributed by atoms with E-state index in [4.69, 9.17) is 11.6 Å². The van der Waals surface area contributed by atoms with E-state index in [1.807, 2.05) is 0 Å². The fourth-order valence-corrected chi connectivity index (χ4v) is 1.85. The molecule has 2 rings (SSSR count). The van der Waals surface area contributed by atoms with Crippen LogP contribution in [0.1, 0.15) is 5.56 Å². The lowest BCUT2D eigenvalue weighted by atomic mass is 10.2. The molecule has 0 aliphatic heterocycles. The van der Waals surface area contributed by atoms with Gasteiger partial charge in [-0.3, -0.25) is 9.59 Å². The van der Waals surface area contributed by atoms with E-state index in [9.17, 15) is 14.0 Å². The van der Waals surface area contributed by atoms with Gasteiger partial charge in [0.25, 0.3) is 0 Å². The van der Waals surface area contributed by atoms with Crippen LogP contribution in [0.2, 0.25) is 5.02 Å². The third-order valence-corrected chi connectivity index (χ3v) is 3.05. The monoisotopic (exact) mass is 306 g/mol. The summed E-state index contributed by atoms with van der Waals surface area (Å²) in [6.07, 6.45) is 0. The first-order chi connectivity index (χ1) is 10.1. The van der Waals surface area contributed by atoms with Gasteiger partial charge in [-0.15, -0.1) is 0 Å². The number of hydrogen-bond donors (Lipinski definition) is 2. The zero-order valence-corrected chi connectivity index (χ0v) is 11.7.